The first-order valence-electron chi connectivity index (χ1n) is 4.51. The van der Waals surface area contributed by atoms with Gasteiger partial charge in [0.1, 0.15) is 5.75 Å². The maximum atomic E-state index is 12.1. The standard InChI is InChI=1S/C10H11F2NO/c11-10(12)14-8-3-1-2-7(13)9(8)6-4-5-6/h1-3,6,10H,4-5,13H2. The lowest BCUT2D eigenvalue weighted by molar-refractivity contribution is -0.0503. The topological polar surface area (TPSA) is 35.2 Å². The van der Waals surface area contributed by atoms with Crippen LogP contribution in [0.25, 0.3) is 0 Å². The second-order valence-corrected chi connectivity index (χ2v) is 3.41. The van der Waals surface area contributed by atoms with Gasteiger partial charge in [-0.25, -0.2) is 0 Å². The third-order valence-corrected chi connectivity index (χ3v) is 2.30. The molecule has 14 heavy (non-hydrogen) atoms. The summed E-state index contributed by atoms with van der Waals surface area (Å²) in [6.07, 6.45) is 2.02. The zero-order valence-corrected chi connectivity index (χ0v) is 7.54. The van der Waals surface area contributed by atoms with Crippen LogP contribution in [0, 0.1) is 0 Å². The number of halogens is 2. The van der Waals surface area contributed by atoms with Gasteiger partial charge in [0, 0.05) is 11.3 Å². The summed E-state index contributed by atoms with van der Waals surface area (Å²) < 4.78 is 28.5. The van der Waals surface area contributed by atoms with Crippen molar-refractivity contribution in [1.29, 1.82) is 0 Å². The molecule has 0 aromatic heterocycles. The Labute approximate surface area is 80.7 Å². The van der Waals surface area contributed by atoms with E-state index >= 15 is 0 Å². The van der Waals surface area contributed by atoms with E-state index in [9.17, 15) is 8.78 Å². The Balaban J connectivity index is 2.32. The molecule has 2 nitrogen and oxygen atoms in total. The molecule has 1 fully saturated rings. The first-order valence-corrected chi connectivity index (χ1v) is 4.51. The minimum Gasteiger partial charge on any atom is -0.434 e. The Morgan fingerprint density at radius 3 is 2.64 bits per heavy atom. The average Bonchev–Trinajstić information content (AvgIpc) is 2.86. The van der Waals surface area contributed by atoms with Gasteiger partial charge in [-0.05, 0) is 30.9 Å². The van der Waals surface area contributed by atoms with Crippen LogP contribution in [0.3, 0.4) is 0 Å². The van der Waals surface area contributed by atoms with Crippen molar-refractivity contribution < 1.29 is 13.5 Å². The molecule has 1 aliphatic rings. The van der Waals surface area contributed by atoms with Gasteiger partial charge in [0.05, 0.1) is 0 Å². The zero-order valence-electron chi connectivity index (χ0n) is 7.54. The van der Waals surface area contributed by atoms with Gasteiger partial charge in [0.2, 0.25) is 0 Å². The van der Waals surface area contributed by atoms with Gasteiger partial charge in [-0.2, -0.15) is 8.78 Å². The second kappa shape index (κ2) is 3.44. The minimum absolute atomic E-state index is 0.225. The fraction of sp³-hybridized carbons (Fsp3) is 0.400. The molecule has 2 rings (SSSR count). The van der Waals surface area contributed by atoms with Crippen molar-refractivity contribution >= 4 is 5.69 Å². The predicted molar refractivity (Wildman–Crippen MR) is 49.5 cm³/mol. The molecular formula is C10H11F2NO. The summed E-state index contributed by atoms with van der Waals surface area (Å²) in [5.74, 6) is 0.535. The van der Waals surface area contributed by atoms with Gasteiger partial charge in [-0.1, -0.05) is 6.07 Å². The molecule has 0 saturated heterocycles. The second-order valence-electron chi connectivity index (χ2n) is 3.41. The fourth-order valence-corrected chi connectivity index (χ4v) is 1.57. The van der Waals surface area contributed by atoms with E-state index in [4.69, 9.17) is 5.73 Å². The molecule has 1 aromatic rings. The van der Waals surface area contributed by atoms with Crippen molar-refractivity contribution in [2.75, 3.05) is 5.73 Å². The number of nitrogens with two attached hydrogens (primary N) is 1. The molecule has 0 heterocycles. The molecule has 76 valence electrons. The molecule has 0 amide bonds. The smallest absolute Gasteiger partial charge is 0.387 e. The molecule has 0 unspecified atom stereocenters. The quantitative estimate of drug-likeness (QED) is 0.759. The lowest BCUT2D eigenvalue weighted by atomic mass is 10.1. The summed E-state index contributed by atoms with van der Waals surface area (Å²) in [7, 11) is 0. The first-order chi connectivity index (χ1) is 6.68. The van der Waals surface area contributed by atoms with Crippen LogP contribution in [-0.2, 0) is 0 Å². The molecular weight excluding hydrogens is 188 g/mol. The largest absolute Gasteiger partial charge is 0.434 e. The van der Waals surface area contributed by atoms with Crippen LogP contribution in [-0.4, -0.2) is 6.61 Å². The monoisotopic (exact) mass is 199 g/mol. The fourth-order valence-electron chi connectivity index (χ4n) is 1.57. The minimum atomic E-state index is -2.78. The molecule has 0 bridgehead atoms. The van der Waals surface area contributed by atoms with Crippen molar-refractivity contribution in [2.45, 2.75) is 25.4 Å². The van der Waals surface area contributed by atoms with Crippen molar-refractivity contribution in [2.24, 2.45) is 0 Å². The molecule has 0 atom stereocenters. The van der Waals surface area contributed by atoms with Gasteiger partial charge in [-0.15, -0.1) is 0 Å². The molecule has 0 spiro atoms. The average molecular weight is 199 g/mol. The van der Waals surface area contributed by atoms with E-state index in [0.29, 0.717) is 11.6 Å². The first kappa shape index (κ1) is 9.24. The molecule has 2 N–H and O–H groups in total. The van der Waals surface area contributed by atoms with Crippen molar-refractivity contribution in [3.05, 3.63) is 23.8 Å². The Morgan fingerprint density at radius 1 is 1.36 bits per heavy atom. The molecule has 4 heteroatoms. The predicted octanol–water partition coefficient (Wildman–Crippen LogP) is 2.75. The lowest BCUT2D eigenvalue weighted by Gasteiger charge is -2.11. The molecule has 1 aliphatic carbocycles. The van der Waals surface area contributed by atoms with E-state index in [2.05, 4.69) is 4.74 Å². The van der Waals surface area contributed by atoms with E-state index in [0.717, 1.165) is 18.4 Å². The van der Waals surface area contributed by atoms with Gasteiger partial charge >= 0.3 is 6.61 Å². The van der Waals surface area contributed by atoms with E-state index in [-0.39, 0.29) is 5.75 Å². The van der Waals surface area contributed by atoms with Crippen molar-refractivity contribution in [3.63, 3.8) is 0 Å². The number of anilines is 1. The number of alkyl halides is 2. The summed E-state index contributed by atoms with van der Waals surface area (Å²) in [5.41, 5.74) is 7.00. The summed E-state index contributed by atoms with van der Waals surface area (Å²) in [4.78, 5) is 0. The molecule has 0 aliphatic heterocycles. The highest BCUT2D eigenvalue weighted by atomic mass is 19.3. The number of nitrogen functional groups attached to an aromatic ring is 1. The van der Waals surface area contributed by atoms with Crippen molar-refractivity contribution in [1.82, 2.24) is 0 Å². The summed E-state index contributed by atoms with van der Waals surface area (Å²) in [5, 5.41) is 0. The Hall–Kier alpha value is -1.32. The maximum Gasteiger partial charge on any atom is 0.387 e. The van der Waals surface area contributed by atoms with Crippen LogP contribution in [0.2, 0.25) is 0 Å². The molecule has 1 aromatic carbocycles. The highest BCUT2D eigenvalue weighted by Gasteiger charge is 2.29. The molecule has 0 radical (unpaired) electrons. The number of hydrogen-bond acceptors (Lipinski definition) is 2. The van der Waals surface area contributed by atoms with E-state index in [1.807, 2.05) is 0 Å². The van der Waals surface area contributed by atoms with Crippen LogP contribution < -0.4 is 10.5 Å². The van der Waals surface area contributed by atoms with Gasteiger partial charge < -0.3 is 10.5 Å². The van der Waals surface area contributed by atoms with Crippen LogP contribution in [0.4, 0.5) is 14.5 Å². The third-order valence-electron chi connectivity index (χ3n) is 2.30. The van der Waals surface area contributed by atoms with Crippen LogP contribution in [0.1, 0.15) is 24.3 Å². The van der Waals surface area contributed by atoms with Gasteiger partial charge in [0.25, 0.3) is 0 Å². The van der Waals surface area contributed by atoms with Gasteiger partial charge in [-0.3, -0.25) is 0 Å². The van der Waals surface area contributed by atoms with E-state index in [1.165, 1.54) is 6.07 Å². The van der Waals surface area contributed by atoms with E-state index in [1.54, 1.807) is 12.1 Å². The summed E-state index contributed by atoms with van der Waals surface area (Å²) in [6, 6.07) is 4.88. The number of rotatable bonds is 3. The van der Waals surface area contributed by atoms with Gasteiger partial charge in [0.15, 0.2) is 0 Å². The van der Waals surface area contributed by atoms with E-state index < -0.39 is 6.61 Å². The molecule has 1 saturated carbocycles. The Morgan fingerprint density at radius 2 is 2.07 bits per heavy atom. The number of hydrogen-bond donors (Lipinski definition) is 1. The maximum absolute atomic E-state index is 12.1. The summed E-state index contributed by atoms with van der Waals surface area (Å²) in [6.45, 7) is -2.78. The summed E-state index contributed by atoms with van der Waals surface area (Å²) >= 11 is 0. The van der Waals surface area contributed by atoms with Crippen molar-refractivity contribution in [3.8, 4) is 5.75 Å². The van der Waals surface area contributed by atoms with Crippen LogP contribution in [0.5, 0.6) is 5.75 Å². The Kier molecular flexibility index (Phi) is 2.27. The highest BCUT2D eigenvalue weighted by molar-refractivity contribution is 5.57. The lowest BCUT2D eigenvalue weighted by Crippen LogP contribution is -2.05. The van der Waals surface area contributed by atoms with Crippen LogP contribution >= 0.6 is 0 Å². The zero-order chi connectivity index (χ0) is 10.1. The SMILES string of the molecule is Nc1cccc(OC(F)F)c1C1CC1. The number of ether oxygens (including phenoxy) is 1. The highest BCUT2D eigenvalue weighted by Crippen LogP contribution is 2.47. The third kappa shape index (κ3) is 1.78. The Bertz CT molecular complexity index is 337. The number of benzene rings is 1. The normalized spacial score (nSPS) is 15.9. The van der Waals surface area contributed by atoms with Crippen LogP contribution in [0.15, 0.2) is 18.2 Å².